The molecule has 0 aliphatic carbocycles. The zero-order valence-corrected chi connectivity index (χ0v) is 14.0. The first kappa shape index (κ1) is 17.0. The monoisotopic (exact) mass is 346 g/mol. The standard InChI is InChI=1S/C15H23BrN2.ClH/c1-2-18(12-14-6-4-8-17-10-14)11-13-5-3-7-15(16)9-13;/h3,5,7,9,14,17H,2,4,6,8,10-12H2,1H3;1H. The molecule has 1 atom stereocenters. The molecule has 1 aromatic rings. The normalized spacial score (nSPS) is 19.2. The van der Waals surface area contributed by atoms with Crippen LogP contribution in [0.4, 0.5) is 0 Å². The van der Waals surface area contributed by atoms with E-state index in [0.29, 0.717) is 0 Å². The summed E-state index contributed by atoms with van der Waals surface area (Å²) in [6, 6.07) is 8.65. The Balaban J connectivity index is 0.00000180. The number of hydrogen-bond donors (Lipinski definition) is 1. The topological polar surface area (TPSA) is 15.3 Å². The van der Waals surface area contributed by atoms with E-state index in [1.54, 1.807) is 0 Å². The van der Waals surface area contributed by atoms with Crippen molar-refractivity contribution in [1.29, 1.82) is 0 Å². The molecule has 0 spiro atoms. The predicted molar refractivity (Wildman–Crippen MR) is 87.9 cm³/mol. The minimum Gasteiger partial charge on any atom is -0.316 e. The molecular weight excluding hydrogens is 324 g/mol. The largest absolute Gasteiger partial charge is 0.316 e. The summed E-state index contributed by atoms with van der Waals surface area (Å²) in [5.41, 5.74) is 1.40. The number of piperidine rings is 1. The van der Waals surface area contributed by atoms with Gasteiger partial charge in [0.05, 0.1) is 0 Å². The fourth-order valence-electron chi connectivity index (χ4n) is 2.64. The van der Waals surface area contributed by atoms with E-state index in [1.165, 1.54) is 42.5 Å². The molecule has 1 aliphatic heterocycles. The molecule has 0 aromatic heterocycles. The van der Waals surface area contributed by atoms with Gasteiger partial charge in [-0.05, 0) is 56.1 Å². The Hall–Kier alpha value is -0.0900. The lowest BCUT2D eigenvalue weighted by molar-refractivity contribution is 0.209. The predicted octanol–water partition coefficient (Wildman–Crippen LogP) is 3.69. The van der Waals surface area contributed by atoms with Crippen molar-refractivity contribution >= 4 is 28.3 Å². The van der Waals surface area contributed by atoms with Crippen molar-refractivity contribution in [2.45, 2.75) is 26.3 Å². The van der Waals surface area contributed by atoms with Crippen LogP contribution in [-0.4, -0.2) is 31.1 Å². The van der Waals surface area contributed by atoms with Gasteiger partial charge in [0.25, 0.3) is 0 Å². The molecule has 1 aliphatic rings. The van der Waals surface area contributed by atoms with E-state index in [4.69, 9.17) is 0 Å². The lowest BCUT2D eigenvalue weighted by Crippen LogP contribution is -2.38. The summed E-state index contributed by atoms with van der Waals surface area (Å²) in [6.07, 6.45) is 2.71. The molecular formula is C15H24BrClN2. The van der Waals surface area contributed by atoms with Crippen molar-refractivity contribution in [3.8, 4) is 0 Å². The molecule has 1 aromatic carbocycles. The van der Waals surface area contributed by atoms with Gasteiger partial charge in [0.2, 0.25) is 0 Å². The number of hydrogen-bond acceptors (Lipinski definition) is 2. The van der Waals surface area contributed by atoms with E-state index in [9.17, 15) is 0 Å². The van der Waals surface area contributed by atoms with Gasteiger partial charge >= 0.3 is 0 Å². The number of benzene rings is 1. The highest BCUT2D eigenvalue weighted by molar-refractivity contribution is 9.10. The van der Waals surface area contributed by atoms with Crippen LogP contribution < -0.4 is 5.32 Å². The molecule has 0 bridgehead atoms. The number of nitrogens with one attached hydrogen (secondary N) is 1. The summed E-state index contributed by atoms with van der Waals surface area (Å²) >= 11 is 3.54. The Morgan fingerprint density at radius 3 is 2.89 bits per heavy atom. The molecule has 108 valence electrons. The van der Waals surface area contributed by atoms with Crippen LogP contribution in [0.2, 0.25) is 0 Å². The van der Waals surface area contributed by atoms with E-state index >= 15 is 0 Å². The van der Waals surface area contributed by atoms with Crippen molar-refractivity contribution in [3.05, 3.63) is 34.3 Å². The van der Waals surface area contributed by atoms with Gasteiger partial charge in [0.15, 0.2) is 0 Å². The molecule has 19 heavy (non-hydrogen) atoms. The highest BCUT2D eigenvalue weighted by Crippen LogP contribution is 2.16. The van der Waals surface area contributed by atoms with Gasteiger partial charge < -0.3 is 5.32 Å². The second-order valence-electron chi connectivity index (χ2n) is 5.17. The van der Waals surface area contributed by atoms with Gasteiger partial charge in [-0.3, -0.25) is 4.90 Å². The molecule has 2 rings (SSSR count). The quantitative estimate of drug-likeness (QED) is 0.874. The van der Waals surface area contributed by atoms with E-state index in [1.807, 2.05) is 0 Å². The molecule has 1 N–H and O–H groups in total. The third-order valence-corrected chi connectivity index (χ3v) is 4.15. The van der Waals surface area contributed by atoms with Crippen LogP contribution in [0.1, 0.15) is 25.3 Å². The number of nitrogens with zero attached hydrogens (tertiary/aromatic N) is 1. The Morgan fingerprint density at radius 1 is 1.42 bits per heavy atom. The highest BCUT2D eigenvalue weighted by atomic mass is 79.9. The van der Waals surface area contributed by atoms with Crippen LogP contribution in [0.25, 0.3) is 0 Å². The Morgan fingerprint density at radius 2 is 2.26 bits per heavy atom. The minimum absolute atomic E-state index is 0. The Labute approximate surface area is 131 Å². The van der Waals surface area contributed by atoms with Gasteiger partial charge in [0, 0.05) is 17.6 Å². The SMILES string of the molecule is CCN(Cc1cccc(Br)c1)CC1CCCNC1.Cl. The Bertz CT molecular complexity index is 367. The zero-order chi connectivity index (χ0) is 12.8. The van der Waals surface area contributed by atoms with Gasteiger partial charge in [-0.15, -0.1) is 12.4 Å². The van der Waals surface area contributed by atoms with Crippen molar-refractivity contribution in [1.82, 2.24) is 10.2 Å². The van der Waals surface area contributed by atoms with Crippen molar-refractivity contribution in [3.63, 3.8) is 0 Å². The zero-order valence-electron chi connectivity index (χ0n) is 11.6. The molecule has 1 fully saturated rings. The summed E-state index contributed by atoms with van der Waals surface area (Å²) in [4.78, 5) is 2.55. The lowest BCUT2D eigenvalue weighted by atomic mass is 9.99. The summed E-state index contributed by atoms with van der Waals surface area (Å²) < 4.78 is 1.18. The first-order valence-electron chi connectivity index (χ1n) is 6.95. The number of rotatable bonds is 5. The van der Waals surface area contributed by atoms with Gasteiger partial charge in [-0.25, -0.2) is 0 Å². The van der Waals surface area contributed by atoms with Crippen LogP contribution in [0, 0.1) is 5.92 Å². The fraction of sp³-hybridized carbons (Fsp3) is 0.600. The summed E-state index contributed by atoms with van der Waals surface area (Å²) in [7, 11) is 0. The summed E-state index contributed by atoms with van der Waals surface area (Å²) in [6.45, 7) is 8.06. The molecule has 1 saturated heterocycles. The molecule has 0 amide bonds. The van der Waals surface area contributed by atoms with E-state index in [-0.39, 0.29) is 12.4 Å². The molecule has 1 unspecified atom stereocenters. The van der Waals surface area contributed by atoms with Crippen LogP contribution in [0.15, 0.2) is 28.7 Å². The average molecular weight is 348 g/mol. The average Bonchev–Trinajstić information content (AvgIpc) is 2.39. The molecule has 2 nitrogen and oxygen atoms in total. The van der Waals surface area contributed by atoms with Crippen LogP contribution in [0.5, 0.6) is 0 Å². The van der Waals surface area contributed by atoms with Crippen molar-refractivity contribution in [2.24, 2.45) is 5.92 Å². The summed E-state index contributed by atoms with van der Waals surface area (Å²) in [5, 5.41) is 3.50. The smallest absolute Gasteiger partial charge is 0.0234 e. The molecule has 1 heterocycles. The lowest BCUT2D eigenvalue weighted by Gasteiger charge is -2.29. The maximum absolute atomic E-state index is 3.54. The molecule has 0 saturated carbocycles. The van der Waals surface area contributed by atoms with Gasteiger partial charge in [-0.1, -0.05) is 35.0 Å². The third kappa shape index (κ3) is 5.82. The summed E-state index contributed by atoms with van der Waals surface area (Å²) in [5.74, 6) is 0.825. The van der Waals surface area contributed by atoms with E-state index in [0.717, 1.165) is 19.0 Å². The van der Waals surface area contributed by atoms with Crippen LogP contribution in [-0.2, 0) is 6.54 Å². The molecule has 4 heteroatoms. The highest BCUT2D eigenvalue weighted by Gasteiger charge is 2.16. The second-order valence-corrected chi connectivity index (χ2v) is 6.09. The van der Waals surface area contributed by atoms with Crippen LogP contribution >= 0.6 is 28.3 Å². The van der Waals surface area contributed by atoms with Crippen LogP contribution in [0.3, 0.4) is 0 Å². The maximum Gasteiger partial charge on any atom is 0.0234 e. The minimum atomic E-state index is 0. The Kier molecular flexibility index (Phi) is 8.00. The first-order chi connectivity index (χ1) is 8.78. The fourth-order valence-corrected chi connectivity index (χ4v) is 3.09. The first-order valence-corrected chi connectivity index (χ1v) is 7.74. The maximum atomic E-state index is 3.54. The second kappa shape index (κ2) is 8.96. The van der Waals surface area contributed by atoms with Crippen molar-refractivity contribution in [2.75, 3.05) is 26.2 Å². The van der Waals surface area contributed by atoms with E-state index < -0.39 is 0 Å². The van der Waals surface area contributed by atoms with Crippen molar-refractivity contribution < 1.29 is 0 Å². The van der Waals surface area contributed by atoms with E-state index in [2.05, 4.69) is 57.3 Å². The van der Waals surface area contributed by atoms with Gasteiger partial charge in [0.1, 0.15) is 0 Å². The number of halogens is 2. The molecule has 0 radical (unpaired) electrons. The third-order valence-electron chi connectivity index (χ3n) is 3.66. The van der Waals surface area contributed by atoms with Gasteiger partial charge in [-0.2, -0.15) is 0 Å².